The maximum absolute atomic E-state index is 5.78. The lowest BCUT2D eigenvalue weighted by atomic mass is 9.98. The summed E-state index contributed by atoms with van der Waals surface area (Å²) in [6.45, 7) is 4.24. The molecule has 0 saturated heterocycles. The molecule has 0 unspecified atom stereocenters. The minimum Gasteiger partial charge on any atom is -0.399 e. The summed E-state index contributed by atoms with van der Waals surface area (Å²) in [5.74, 6) is 0. The van der Waals surface area contributed by atoms with Crippen molar-refractivity contribution in [3.63, 3.8) is 0 Å². The number of nitrogens with two attached hydrogens (primary N) is 1. The maximum atomic E-state index is 5.78. The van der Waals surface area contributed by atoms with Crippen molar-refractivity contribution < 1.29 is 0 Å². The summed E-state index contributed by atoms with van der Waals surface area (Å²) in [7, 11) is 0. The van der Waals surface area contributed by atoms with Gasteiger partial charge in [0.15, 0.2) is 0 Å². The van der Waals surface area contributed by atoms with Crippen LogP contribution in [0.25, 0.3) is 11.1 Å². The Kier molecular flexibility index (Phi) is 2.46. The van der Waals surface area contributed by atoms with Gasteiger partial charge in [-0.1, -0.05) is 35.9 Å². The van der Waals surface area contributed by atoms with E-state index in [4.69, 9.17) is 5.73 Å². The number of aryl methyl sites for hydroxylation is 2. The molecule has 2 aromatic rings. The molecule has 0 saturated carbocycles. The van der Waals surface area contributed by atoms with Gasteiger partial charge in [-0.15, -0.1) is 0 Å². The molecular formula is C14H15N. The molecule has 2 aromatic carbocycles. The maximum Gasteiger partial charge on any atom is 0.0320 e. The van der Waals surface area contributed by atoms with Gasteiger partial charge in [0.1, 0.15) is 0 Å². The third kappa shape index (κ3) is 2.01. The van der Waals surface area contributed by atoms with E-state index in [9.17, 15) is 0 Å². The topological polar surface area (TPSA) is 26.0 Å². The van der Waals surface area contributed by atoms with Crippen molar-refractivity contribution in [3.05, 3.63) is 53.6 Å². The quantitative estimate of drug-likeness (QED) is 0.695. The predicted molar refractivity (Wildman–Crippen MR) is 65.8 cm³/mol. The van der Waals surface area contributed by atoms with Crippen LogP contribution in [-0.4, -0.2) is 0 Å². The number of nitrogen functional groups attached to an aromatic ring is 1. The number of hydrogen-bond acceptors (Lipinski definition) is 1. The first-order valence-electron chi connectivity index (χ1n) is 5.10. The van der Waals surface area contributed by atoms with Gasteiger partial charge in [-0.25, -0.2) is 0 Å². The zero-order valence-electron chi connectivity index (χ0n) is 9.12. The third-order valence-corrected chi connectivity index (χ3v) is 2.58. The molecule has 0 aliphatic rings. The Morgan fingerprint density at radius 1 is 0.933 bits per heavy atom. The van der Waals surface area contributed by atoms with E-state index in [1.165, 1.54) is 22.3 Å². The molecule has 0 spiro atoms. The summed E-state index contributed by atoms with van der Waals surface area (Å²) < 4.78 is 0. The average Bonchev–Trinajstić information content (AvgIpc) is 2.17. The van der Waals surface area contributed by atoms with Gasteiger partial charge in [0.2, 0.25) is 0 Å². The molecule has 76 valence electrons. The van der Waals surface area contributed by atoms with E-state index in [1.54, 1.807) is 0 Å². The van der Waals surface area contributed by atoms with Crippen LogP contribution in [0.15, 0.2) is 42.5 Å². The first-order valence-corrected chi connectivity index (χ1v) is 5.10. The van der Waals surface area contributed by atoms with Gasteiger partial charge in [-0.2, -0.15) is 0 Å². The van der Waals surface area contributed by atoms with Crippen LogP contribution in [0.2, 0.25) is 0 Å². The van der Waals surface area contributed by atoms with E-state index in [0.717, 1.165) is 5.69 Å². The number of rotatable bonds is 1. The van der Waals surface area contributed by atoms with Crippen LogP contribution < -0.4 is 5.73 Å². The van der Waals surface area contributed by atoms with E-state index in [0.29, 0.717) is 0 Å². The van der Waals surface area contributed by atoms with Gasteiger partial charge in [0, 0.05) is 5.69 Å². The number of anilines is 1. The molecule has 2 N–H and O–H groups in total. The van der Waals surface area contributed by atoms with Crippen LogP contribution in [0.5, 0.6) is 0 Å². The Bertz CT molecular complexity index is 486. The lowest BCUT2D eigenvalue weighted by molar-refractivity contribution is 1.38. The predicted octanol–water partition coefficient (Wildman–Crippen LogP) is 3.55. The molecule has 2 rings (SSSR count). The summed E-state index contributed by atoms with van der Waals surface area (Å²) in [5, 5.41) is 0. The highest BCUT2D eigenvalue weighted by Crippen LogP contribution is 2.25. The van der Waals surface area contributed by atoms with Crippen LogP contribution in [0.4, 0.5) is 5.69 Å². The van der Waals surface area contributed by atoms with Gasteiger partial charge in [0.05, 0.1) is 0 Å². The minimum absolute atomic E-state index is 0.812. The highest BCUT2D eigenvalue weighted by Gasteiger charge is 2.01. The Morgan fingerprint density at radius 3 is 2.40 bits per heavy atom. The molecular weight excluding hydrogens is 182 g/mol. The Labute approximate surface area is 90.6 Å². The van der Waals surface area contributed by atoms with Gasteiger partial charge >= 0.3 is 0 Å². The van der Waals surface area contributed by atoms with E-state index in [-0.39, 0.29) is 0 Å². The molecule has 0 heterocycles. The van der Waals surface area contributed by atoms with Crippen molar-refractivity contribution in [3.8, 4) is 11.1 Å². The normalized spacial score (nSPS) is 10.3. The molecule has 0 aromatic heterocycles. The molecule has 15 heavy (non-hydrogen) atoms. The lowest BCUT2D eigenvalue weighted by Gasteiger charge is -2.07. The SMILES string of the molecule is Cc1ccc(-c2cccc(N)c2)c(C)c1. The number of benzene rings is 2. The third-order valence-electron chi connectivity index (χ3n) is 2.58. The molecule has 0 amide bonds. The van der Waals surface area contributed by atoms with Gasteiger partial charge in [-0.3, -0.25) is 0 Å². The van der Waals surface area contributed by atoms with E-state index in [1.807, 2.05) is 18.2 Å². The molecule has 0 bridgehead atoms. The molecule has 0 radical (unpaired) electrons. The van der Waals surface area contributed by atoms with Crippen molar-refractivity contribution in [2.45, 2.75) is 13.8 Å². The van der Waals surface area contributed by atoms with Crippen molar-refractivity contribution >= 4 is 5.69 Å². The van der Waals surface area contributed by atoms with Crippen molar-refractivity contribution in [1.29, 1.82) is 0 Å². The van der Waals surface area contributed by atoms with Crippen molar-refractivity contribution in [2.24, 2.45) is 0 Å². The number of hydrogen-bond donors (Lipinski definition) is 1. The summed E-state index contributed by atoms with van der Waals surface area (Å²) in [6, 6.07) is 14.5. The summed E-state index contributed by atoms with van der Waals surface area (Å²) in [6.07, 6.45) is 0. The fraction of sp³-hybridized carbons (Fsp3) is 0.143. The fourth-order valence-electron chi connectivity index (χ4n) is 1.84. The second-order valence-corrected chi connectivity index (χ2v) is 3.94. The second-order valence-electron chi connectivity index (χ2n) is 3.94. The van der Waals surface area contributed by atoms with Crippen LogP contribution in [0, 0.1) is 13.8 Å². The molecule has 1 heteroatoms. The Balaban J connectivity index is 2.54. The van der Waals surface area contributed by atoms with Crippen LogP contribution in [0.3, 0.4) is 0 Å². The average molecular weight is 197 g/mol. The molecule has 0 aliphatic carbocycles. The molecule has 1 nitrogen and oxygen atoms in total. The molecule has 0 atom stereocenters. The smallest absolute Gasteiger partial charge is 0.0320 e. The Hall–Kier alpha value is -1.76. The van der Waals surface area contributed by atoms with Gasteiger partial charge < -0.3 is 5.73 Å². The first kappa shape index (κ1) is 9.78. The van der Waals surface area contributed by atoms with Crippen LogP contribution in [0.1, 0.15) is 11.1 Å². The first-order chi connectivity index (χ1) is 7.16. The fourth-order valence-corrected chi connectivity index (χ4v) is 1.84. The van der Waals surface area contributed by atoms with E-state index >= 15 is 0 Å². The molecule has 0 fully saturated rings. The van der Waals surface area contributed by atoms with Gasteiger partial charge in [0.25, 0.3) is 0 Å². The monoisotopic (exact) mass is 197 g/mol. The lowest BCUT2D eigenvalue weighted by Crippen LogP contribution is -1.87. The van der Waals surface area contributed by atoms with E-state index < -0.39 is 0 Å². The van der Waals surface area contributed by atoms with Crippen molar-refractivity contribution in [2.75, 3.05) is 5.73 Å². The zero-order valence-corrected chi connectivity index (χ0v) is 9.12. The van der Waals surface area contributed by atoms with Crippen LogP contribution >= 0.6 is 0 Å². The van der Waals surface area contributed by atoms with E-state index in [2.05, 4.69) is 38.1 Å². The van der Waals surface area contributed by atoms with Crippen LogP contribution in [-0.2, 0) is 0 Å². The minimum atomic E-state index is 0.812. The molecule has 0 aliphatic heterocycles. The largest absolute Gasteiger partial charge is 0.399 e. The zero-order chi connectivity index (χ0) is 10.8. The standard InChI is InChI=1S/C14H15N/c1-10-6-7-14(11(2)8-10)12-4-3-5-13(15)9-12/h3-9H,15H2,1-2H3. The summed E-state index contributed by atoms with van der Waals surface area (Å²) in [4.78, 5) is 0. The summed E-state index contributed by atoms with van der Waals surface area (Å²) in [5.41, 5.74) is 11.6. The van der Waals surface area contributed by atoms with Crippen molar-refractivity contribution in [1.82, 2.24) is 0 Å². The highest BCUT2D eigenvalue weighted by atomic mass is 14.5. The second kappa shape index (κ2) is 3.77. The summed E-state index contributed by atoms with van der Waals surface area (Å²) >= 11 is 0. The van der Waals surface area contributed by atoms with Gasteiger partial charge in [-0.05, 0) is 42.7 Å². The highest BCUT2D eigenvalue weighted by molar-refractivity contribution is 5.70. The Morgan fingerprint density at radius 2 is 1.73 bits per heavy atom.